The molecule has 0 aromatic heterocycles. The van der Waals surface area contributed by atoms with Crippen molar-refractivity contribution in [3.05, 3.63) is 0 Å². The summed E-state index contributed by atoms with van der Waals surface area (Å²) < 4.78 is 10.9. The van der Waals surface area contributed by atoms with E-state index < -0.39 is 0 Å². The summed E-state index contributed by atoms with van der Waals surface area (Å²) in [5.41, 5.74) is 0. The van der Waals surface area contributed by atoms with E-state index in [4.69, 9.17) is 9.47 Å². The first kappa shape index (κ1) is 16.9. The van der Waals surface area contributed by atoms with Crippen LogP contribution >= 0.6 is 0 Å². The Hall–Kier alpha value is -0.120. The molecule has 0 aromatic rings. The fraction of sp³-hybridized carbons (Fsp3) is 1.00. The average molecular weight is 244 g/mol. The van der Waals surface area contributed by atoms with Crippen LogP contribution in [-0.2, 0) is 9.47 Å². The first-order valence-electron chi connectivity index (χ1n) is 6.91. The molecular weight excluding hydrogens is 214 g/mol. The summed E-state index contributed by atoms with van der Waals surface area (Å²) in [6.07, 6.45) is 2.27. The van der Waals surface area contributed by atoms with Gasteiger partial charge in [-0.15, -0.1) is 0 Å². The zero-order valence-corrected chi connectivity index (χ0v) is 12.1. The van der Waals surface area contributed by atoms with Gasteiger partial charge in [-0.3, -0.25) is 0 Å². The van der Waals surface area contributed by atoms with E-state index in [9.17, 15) is 0 Å². The van der Waals surface area contributed by atoms with Crippen molar-refractivity contribution in [1.29, 1.82) is 0 Å². The van der Waals surface area contributed by atoms with E-state index in [1.807, 2.05) is 0 Å². The molecule has 0 aliphatic heterocycles. The SMILES string of the molecule is CC(C)CCOCC[N]CCOCCC(C)C. The average Bonchev–Trinajstić information content (AvgIpc) is 2.25. The fourth-order valence-electron chi connectivity index (χ4n) is 1.21. The number of ether oxygens (including phenoxy) is 2. The molecule has 3 heteroatoms. The minimum Gasteiger partial charge on any atom is -0.380 e. The highest BCUT2D eigenvalue weighted by molar-refractivity contribution is 4.47. The van der Waals surface area contributed by atoms with E-state index in [-0.39, 0.29) is 0 Å². The lowest BCUT2D eigenvalue weighted by Gasteiger charge is -2.07. The molecule has 17 heavy (non-hydrogen) atoms. The molecule has 0 rings (SSSR count). The van der Waals surface area contributed by atoms with Crippen molar-refractivity contribution >= 4 is 0 Å². The minimum absolute atomic E-state index is 0.723. The van der Waals surface area contributed by atoms with Crippen LogP contribution in [0.3, 0.4) is 0 Å². The Bertz CT molecular complexity index is 133. The highest BCUT2D eigenvalue weighted by Gasteiger charge is 1.96. The highest BCUT2D eigenvalue weighted by Crippen LogP contribution is 1.99. The van der Waals surface area contributed by atoms with Gasteiger partial charge in [-0.2, -0.15) is 0 Å². The molecule has 103 valence electrons. The molecule has 0 aliphatic carbocycles. The van der Waals surface area contributed by atoms with Gasteiger partial charge in [0, 0.05) is 26.3 Å². The van der Waals surface area contributed by atoms with Gasteiger partial charge in [0.2, 0.25) is 0 Å². The predicted octanol–water partition coefficient (Wildman–Crippen LogP) is 2.72. The van der Waals surface area contributed by atoms with Crippen molar-refractivity contribution in [2.24, 2.45) is 11.8 Å². The predicted molar refractivity (Wildman–Crippen MR) is 72.4 cm³/mol. The van der Waals surface area contributed by atoms with Crippen molar-refractivity contribution in [3.63, 3.8) is 0 Å². The van der Waals surface area contributed by atoms with Crippen LogP contribution in [0.25, 0.3) is 0 Å². The lowest BCUT2D eigenvalue weighted by Crippen LogP contribution is -2.18. The van der Waals surface area contributed by atoms with Crippen molar-refractivity contribution in [2.45, 2.75) is 40.5 Å². The smallest absolute Gasteiger partial charge is 0.0607 e. The van der Waals surface area contributed by atoms with Gasteiger partial charge in [-0.25, -0.2) is 5.32 Å². The Balaban J connectivity index is 2.94. The second kappa shape index (κ2) is 12.3. The first-order chi connectivity index (χ1) is 8.13. The van der Waals surface area contributed by atoms with E-state index in [2.05, 4.69) is 33.0 Å². The van der Waals surface area contributed by atoms with Gasteiger partial charge in [0.25, 0.3) is 0 Å². The summed E-state index contributed by atoms with van der Waals surface area (Å²) in [7, 11) is 0. The molecule has 0 bridgehead atoms. The maximum atomic E-state index is 5.47. The second-order valence-corrected chi connectivity index (χ2v) is 5.26. The van der Waals surface area contributed by atoms with Gasteiger partial charge in [0.15, 0.2) is 0 Å². The van der Waals surface area contributed by atoms with Crippen molar-refractivity contribution in [2.75, 3.05) is 39.5 Å². The summed E-state index contributed by atoms with van der Waals surface area (Å²) in [6, 6.07) is 0. The summed E-state index contributed by atoms with van der Waals surface area (Å²) in [5.74, 6) is 1.45. The molecule has 3 nitrogen and oxygen atoms in total. The zero-order chi connectivity index (χ0) is 12.9. The number of hydrogen-bond donors (Lipinski definition) is 0. The van der Waals surface area contributed by atoms with Crippen LogP contribution in [0.5, 0.6) is 0 Å². The molecule has 0 N–H and O–H groups in total. The molecule has 0 aromatic carbocycles. The Morgan fingerprint density at radius 1 is 0.706 bits per heavy atom. The molecule has 0 fully saturated rings. The Labute approximate surface area is 107 Å². The molecule has 1 radical (unpaired) electrons. The van der Waals surface area contributed by atoms with Crippen LogP contribution in [0, 0.1) is 11.8 Å². The summed E-state index contributed by atoms with van der Waals surface area (Å²) in [6.45, 7) is 13.7. The molecule has 0 atom stereocenters. The summed E-state index contributed by atoms with van der Waals surface area (Å²) in [5, 5.41) is 4.35. The molecule has 0 heterocycles. The molecule has 0 saturated heterocycles. The van der Waals surface area contributed by atoms with Crippen molar-refractivity contribution in [1.82, 2.24) is 5.32 Å². The van der Waals surface area contributed by atoms with Crippen LogP contribution in [0.4, 0.5) is 0 Å². The van der Waals surface area contributed by atoms with Crippen LogP contribution in [0.2, 0.25) is 0 Å². The molecule has 0 amide bonds. The molecule has 0 spiro atoms. The van der Waals surface area contributed by atoms with Crippen molar-refractivity contribution < 1.29 is 9.47 Å². The third-order valence-electron chi connectivity index (χ3n) is 2.47. The van der Waals surface area contributed by atoms with Crippen LogP contribution < -0.4 is 5.32 Å². The van der Waals surface area contributed by atoms with Crippen LogP contribution in [-0.4, -0.2) is 39.5 Å². The van der Waals surface area contributed by atoms with Gasteiger partial charge >= 0.3 is 0 Å². The van der Waals surface area contributed by atoms with E-state index >= 15 is 0 Å². The Morgan fingerprint density at radius 2 is 1.12 bits per heavy atom. The number of hydrogen-bond acceptors (Lipinski definition) is 2. The van der Waals surface area contributed by atoms with E-state index in [0.717, 1.165) is 64.2 Å². The molecule has 0 aliphatic rings. The van der Waals surface area contributed by atoms with E-state index in [1.54, 1.807) is 0 Å². The van der Waals surface area contributed by atoms with Gasteiger partial charge < -0.3 is 9.47 Å². The molecular formula is C14H30NO2. The topological polar surface area (TPSA) is 32.6 Å². The Kier molecular flexibility index (Phi) is 12.3. The van der Waals surface area contributed by atoms with Crippen molar-refractivity contribution in [3.8, 4) is 0 Å². The summed E-state index contributed by atoms with van der Waals surface area (Å²) in [4.78, 5) is 0. The van der Waals surface area contributed by atoms with Gasteiger partial charge in [-0.05, 0) is 24.7 Å². The van der Waals surface area contributed by atoms with Gasteiger partial charge in [-0.1, -0.05) is 27.7 Å². The van der Waals surface area contributed by atoms with Gasteiger partial charge in [0.1, 0.15) is 0 Å². The standard InChI is InChI=1S/C14H30NO2/c1-13(2)5-9-16-11-7-15-8-12-17-10-6-14(3)4/h13-14H,5-12H2,1-4H3. The highest BCUT2D eigenvalue weighted by atomic mass is 16.5. The number of rotatable bonds is 12. The molecule has 0 saturated carbocycles. The maximum Gasteiger partial charge on any atom is 0.0607 e. The first-order valence-corrected chi connectivity index (χ1v) is 6.91. The largest absolute Gasteiger partial charge is 0.380 e. The van der Waals surface area contributed by atoms with Crippen LogP contribution in [0.1, 0.15) is 40.5 Å². The normalized spacial score (nSPS) is 11.6. The third-order valence-corrected chi connectivity index (χ3v) is 2.47. The lowest BCUT2D eigenvalue weighted by molar-refractivity contribution is 0.111. The fourth-order valence-corrected chi connectivity index (χ4v) is 1.21. The number of nitrogens with zero attached hydrogens (tertiary/aromatic N) is 1. The molecule has 0 unspecified atom stereocenters. The quantitative estimate of drug-likeness (QED) is 0.494. The second-order valence-electron chi connectivity index (χ2n) is 5.26. The summed E-state index contributed by atoms with van der Waals surface area (Å²) >= 11 is 0. The monoisotopic (exact) mass is 244 g/mol. The van der Waals surface area contributed by atoms with E-state index in [1.165, 1.54) is 0 Å². The minimum atomic E-state index is 0.723. The zero-order valence-electron chi connectivity index (χ0n) is 12.1. The third kappa shape index (κ3) is 15.9. The van der Waals surface area contributed by atoms with Gasteiger partial charge in [0.05, 0.1) is 13.2 Å². The lowest BCUT2D eigenvalue weighted by atomic mass is 10.1. The van der Waals surface area contributed by atoms with Crippen LogP contribution in [0.15, 0.2) is 0 Å². The maximum absolute atomic E-state index is 5.47. The van der Waals surface area contributed by atoms with E-state index in [0.29, 0.717) is 0 Å². The Morgan fingerprint density at radius 3 is 1.47 bits per heavy atom.